The molecule has 0 aromatic heterocycles. The summed E-state index contributed by atoms with van der Waals surface area (Å²) in [5.41, 5.74) is 4.08. The Morgan fingerprint density at radius 2 is 1.14 bits per heavy atom. The summed E-state index contributed by atoms with van der Waals surface area (Å²) in [5.74, 6) is -0.0101. The highest BCUT2D eigenvalue weighted by atomic mass is 19.4. The van der Waals surface area contributed by atoms with Crippen LogP contribution in [0.2, 0.25) is 0 Å². The number of methoxy groups -OCH3 is 1. The topological polar surface area (TPSA) is 114 Å². The van der Waals surface area contributed by atoms with Crippen LogP contribution in [0, 0.1) is 45.3 Å². The van der Waals surface area contributed by atoms with Crippen LogP contribution in [-0.2, 0) is 0 Å². The third kappa shape index (κ3) is 3.47. The monoisotopic (exact) mass is 492 g/mol. The van der Waals surface area contributed by atoms with Gasteiger partial charge in [-0.3, -0.25) is 0 Å². The first-order valence-corrected chi connectivity index (χ1v) is 10.6. The summed E-state index contributed by atoms with van der Waals surface area (Å²) in [5, 5.41) is 38.9. The van der Waals surface area contributed by atoms with Gasteiger partial charge in [-0.05, 0) is 63.2 Å². The lowest BCUT2D eigenvalue weighted by Gasteiger charge is -2.12. The second kappa shape index (κ2) is 8.31. The number of nitrogens with zero attached hydrogens (tertiary/aromatic N) is 4. The fraction of sp³-hybridized carbons (Fsp3) is 0.0714. The SMILES string of the molecule is COc1ccc2c(c1)C(=C(C#N)C#N)c1c-2ccc2c1-c1ccc(OC(F)(F)F)cc1C2=C(C#N)C#N. The number of rotatable bonds is 2. The lowest BCUT2D eigenvalue weighted by atomic mass is 9.90. The largest absolute Gasteiger partial charge is 0.573 e. The van der Waals surface area contributed by atoms with Crippen molar-refractivity contribution in [1.29, 1.82) is 21.0 Å². The smallest absolute Gasteiger partial charge is 0.497 e. The van der Waals surface area contributed by atoms with Crippen molar-refractivity contribution in [3.05, 3.63) is 81.9 Å². The number of hydrogen-bond acceptors (Lipinski definition) is 6. The zero-order valence-electron chi connectivity index (χ0n) is 18.9. The van der Waals surface area contributed by atoms with Gasteiger partial charge in [0.2, 0.25) is 0 Å². The molecule has 3 aromatic rings. The van der Waals surface area contributed by atoms with E-state index in [1.54, 1.807) is 30.3 Å². The molecule has 2 aliphatic rings. The van der Waals surface area contributed by atoms with Crippen LogP contribution in [0.1, 0.15) is 22.3 Å². The Morgan fingerprint density at radius 1 is 0.622 bits per heavy atom. The van der Waals surface area contributed by atoms with Crippen molar-refractivity contribution >= 4 is 11.1 Å². The molecule has 5 rings (SSSR count). The number of fused-ring (bicyclic) bond motifs is 7. The van der Waals surface area contributed by atoms with Gasteiger partial charge in [0.25, 0.3) is 0 Å². The van der Waals surface area contributed by atoms with Gasteiger partial charge in [0, 0.05) is 16.7 Å². The van der Waals surface area contributed by atoms with E-state index >= 15 is 0 Å². The van der Waals surface area contributed by atoms with Crippen LogP contribution in [-0.4, -0.2) is 13.5 Å². The van der Waals surface area contributed by atoms with E-state index in [0.717, 1.165) is 17.7 Å². The Balaban J connectivity index is 1.91. The highest BCUT2D eigenvalue weighted by Crippen LogP contribution is 2.57. The van der Waals surface area contributed by atoms with E-state index in [1.165, 1.54) is 13.2 Å². The van der Waals surface area contributed by atoms with E-state index < -0.39 is 12.1 Å². The van der Waals surface area contributed by atoms with Crippen molar-refractivity contribution in [2.24, 2.45) is 0 Å². The fourth-order valence-electron chi connectivity index (χ4n) is 4.89. The van der Waals surface area contributed by atoms with Gasteiger partial charge in [0.15, 0.2) is 0 Å². The van der Waals surface area contributed by atoms with Gasteiger partial charge in [0.1, 0.15) is 46.9 Å². The molecule has 0 heterocycles. The average molecular weight is 492 g/mol. The third-order valence-corrected chi connectivity index (χ3v) is 6.22. The summed E-state index contributed by atoms with van der Waals surface area (Å²) < 4.78 is 48.2. The maximum Gasteiger partial charge on any atom is 0.573 e. The van der Waals surface area contributed by atoms with Gasteiger partial charge in [-0.1, -0.05) is 24.3 Å². The quantitative estimate of drug-likeness (QED) is 0.269. The Morgan fingerprint density at radius 3 is 1.76 bits per heavy atom. The molecule has 0 spiro atoms. The predicted octanol–water partition coefficient (Wildman–Crippen LogP) is 6.25. The van der Waals surface area contributed by atoms with Gasteiger partial charge >= 0.3 is 6.36 Å². The first-order chi connectivity index (χ1) is 17.8. The molecular formula is C28H11F3N4O2. The molecule has 0 unspecified atom stereocenters. The first kappa shape index (κ1) is 23.2. The number of hydrogen-bond donors (Lipinski definition) is 0. The van der Waals surface area contributed by atoms with E-state index in [4.69, 9.17) is 4.74 Å². The fourth-order valence-corrected chi connectivity index (χ4v) is 4.89. The van der Waals surface area contributed by atoms with Crippen molar-refractivity contribution in [1.82, 2.24) is 0 Å². The Bertz CT molecular complexity index is 1740. The summed E-state index contributed by atoms with van der Waals surface area (Å²) in [6.07, 6.45) is -4.94. The highest BCUT2D eigenvalue weighted by Gasteiger charge is 2.38. The Labute approximate surface area is 208 Å². The van der Waals surface area contributed by atoms with Crippen LogP contribution in [0.4, 0.5) is 13.2 Å². The van der Waals surface area contributed by atoms with E-state index in [-0.39, 0.29) is 22.3 Å². The number of nitriles is 4. The van der Waals surface area contributed by atoms with Crippen molar-refractivity contribution in [3.8, 4) is 58.0 Å². The van der Waals surface area contributed by atoms with Crippen LogP contribution < -0.4 is 9.47 Å². The molecule has 0 saturated heterocycles. The molecule has 6 nitrogen and oxygen atoms in total. The minimum Gasteiger partial charge on any atom is -0.497 e. The first-order valence-electron chi connectivity index (χ1n) is 10.6. The molecule has 0 saturated carbocycles. The zero-order valence-corrected chi connectivity index (χ0v) is 18.9. The van der Waals surface area contributed by atoms with Crippen molar-refractivity contribution in [3.63, 3.8) is 0 Å². The molecular weight excluding hydrogens is 481 g/mol. The number of benzene rings is 3. The summed E-state index contributed by atoms with van der Waals surface area (Å²) in [7, 11) is 1.49. The second-order valence-electron chi connectivity index (χ2n) is 8.02. The van der Waals surface area contributed by atoms with Crippen molar-refractivity contribution in [2.75, 3.05) is 7.11 Å². The lowest BCUT2D eigenvalue weighted by molar-refractivity contribution is -0.274. The molecule has 0 N–H and O–H groups in total. The molecule has 0 bridgehead atoms. The number of halogens is 3. The minimum absolute atomic E-state index is 0.147. The van der Waals surface area contributed by atoms with Crippen molar-refractivity contribution in [2.45, 2.75) is 6.36 Å². The van der Waals surface area contributed by atoms with Gasteiger partial charge < -0.3 is 9.47 Å². The number of ether oxygens (including phenoxy) is 2. The summed E-state index contributed by atoms with van der Waals surface area (Å²) >= 11 is 0. The van der Waals surface area contributed by atoms with Crippen molar-refractivity contribution < 1.29 is 22.6 Å². The van der Waals surface area contributed by atoms with Gasteiger partial charge in [0.05, 0.1) is 7.11 Å². The Kier molecular flexibility index (Phi) is 5.22. The number of allylic oxidation sites excluding steroid dienone is 2. The van der Waals surface area contributed by atoms with Crippen LogP contribution in [0.25, 0.3) is 33.4 Å². The van der Waals surface area contributed by atoms with Crippen LogP contribution in [0.3, 0.4) is 0 Å². The molecule has 3 aromatic carbocycles. The van der Waals surface area contributed by atoms with E-state index in [0.29, 0.717) is 44.7 Å². The summed E-state index contributed by atoms with van der Waals surface area (Å²) in [4.78, 5) is 0. The van der Waals surface area contributed by atoms with Gasteiger partial charge in [-0.2, -0.15) is 21.0 Å². The van der Waals surface area contributed by atoms with Gasteiger partial charge in [-0.25, -0.2) is 0 Å². The Hall–Kier alpha value is -5.51. The molecule has 0 amide bonds. The third-order valence-electron chi connectivity index (χ3n) is 6.22. The molecule has 0 fully saturated rings. The maximum atomic E-state index is 12.9. The number of alkyl halides is 3. The molecule has 0 atom stereocenters. The van der Waals surface area contributed by atoms with E-state index in [1.807, 2.05) is 24.3 Å². The molecule has 176 valence electrons. The van der Waals surface area contributed by atoms with Crippen LogP contribution >= 0.6 is 0 Å². The van der Waals surface area contributed by atoms with E-state index in [9.17, 15) is 34.2 Å². The molecule has 0 aliphatic heterocycles. The molecule has 2 aliphatic carbocycles. The lowest BCUT2D eigenvalue weighted by Crippen LogP contribution is -2.17. The second-order valence-corrected chi connectivity index (χ2v) is 8.02. The van der Waals surface area contributed by atoms with Crippen LogP contribution in [0.15, 0.2) is 59.7 Å². The highest BCUT2D eigenvalue weighted by molar-refractivity contribution is 6.15. The summed E-state index contributed by atoms with van der Waals surface area (Å²) in [6.45, 7) is 0. The van der Waals surface area contributed by atoms with Crippen LogP contribution in [0.5, 0.6) is 11.5 Å². The maximum absolute atomic E-state index is 12.9. The summed E-state index contributed by atoms with van der Waals surface area (Å²) in [6, 6.07) is 19.8. The zero-order chi connectivity index (χ0) is 26.5. The minimum atomic E-state index is -4.94. The van der Waals surface area contributed by atoms with Gasteiger partial charge in [-0.15, -0.1) is 13.2 Å². The molecule has 0 radical (unpaired) electrons. The predicted molar refractivity (Wildman–Crippen MR) is 125 cm³/mol. The average Bonchev–Trinajstić information content (AvgIpc) is 3.37. The van der Waals surface area contributed by atoms with E-state index in [2.05, 4.69) is 4.74 Å². The standard InChI is InChI=1S/C28H11F3N4O2/c1-36-16-2-4-18-19-6-7-21-24(14(10-32)11-33)23-9-17(37-28(29,30)31)3-5-20(23)26(21)27(19)25(22(18)8-16)15(12-34)13-35/h2-9H,1H3. The normalized spacial score (nSPS) is 12.1. The molecule has 37 heavy (non-hydrogen) atoms. The molecule has 9 heteroatoms.